The smallest absolute Gasteiger partial charge is 0.264 e. The van der Waals surface area contributed by atoms with E-state index in [9.17, 15) is 22.4 Å². The first-order chi connectivity index (χ1) is 19.5. The molecule has 1 N–H and O–H groups in total. The number of anilines is 1. The summed E-state index contributed by atoms with van der Waals surface area (Å²) in [4.78, 5) is 28.6. The Bertz CT molecular complexity index is 1440. The number of nitrogens with zero attached hydrogens (tertiary/aromatic N) is 2. The van der Waals surface area contributed by atoms with Crippen molar-refractivity contribution in [1.82, 2.24) is 10.2 Å². The Morgan fingerprint density at radius 3 is 2.17 bits per heavy atom. The molecule has 0 bridgehead atoms. The fourth-order valence-electron chi connectivity index (χ4n) is 4.91. The van der Waals surface area contributed by atoms with E-state index in [0.717, 1.165) is 64.1 Å². The topological polar surface area (TPSA) is 86.8 Å². The summed E-state index contributed by atoms with van der Waals surface area (Å²) in [5.41, 5.74) is 2.00. The second-order valence-corrected chi connectivity index (χ2v) is 13.2. The number of amides is 2. The van der Waals surface area contributed by atoms with Crippen LogP contribution in [-0.4, -0.2) is 43.8 Å². The summed E-state index contributed by atoms with van der Waals surface area (Å²) < 4.78 is 43.1. The van der Waals surface area contributed by atoms with E-state index in [1.165, 1.54) is 17.0 Å². The second-order valence-electron chi connectivity index (χ2n) is 10.5. The molecule has 218 valence electrons. The SMILES string of the molecule is Cc1ccc(N(CC(=O)N(Cc2ccc(Br)cc2)C(C)C(=O)NC2CCCCC2)S(=O)(=O)c2ccc(F)cc2)cc1. The Kier molecular flexibility index (Phi) is 10.2. The predicted octanol–water partition coefficient (Wildman–Crippen LogP) is 5.96. The van der Waals surface area contributed by atoms with Crippen LogP contribution in [0.5, 0.6) is 0 Å². The molecule has 41 heavy (non-hydrogen) atoms. The molecular formula is C31H35BrFN3O4S. The predicted molar refractivity (Wildman–Crippen MR) is 161 cm³/mol. The second kappa shape index (κ2) is 13.6. The molecule has 0 radical (unpaired) electrons. The molecule has 3 aromatic carbocycles. The summed E-state index contributed by atoms with van der Waals surface area (Å²) in [6, 6.07) is 17.9. The van der Waals surface area contributed by atoms with Crippen LogP contribution in [0.4, 0.5) is 10.1 Å². The van der Waals surface area contributed by atoms with Gasteiger partial charge < -0.3 is 10.2 Å². The van der Waals surface area contributed by atoms with Gasteiger partial charge in [0.15, 0.2) is 0 Å². The monoisotopic (exact) mass is 643 g/mol. The lowest BCUT2D eigenvalue weighted by molar-refractivity contribution is -0.139. The van der Waals surface area contributed by atoms with Gasteiger partial charge in [0.25, 0.3) is 10.0 Å². The summed E-state index contributed by atoms with van der Waals surface area (Å²) in [7, 11) is -4.25. The van der Waals surface area contributed by atoms with Crippen molar-refractivity contribution in [3.8, 4) is 0 Å². The molecule has 4 rings (SSSR count). The van der Waals surface area contributed by atoms with Crippen LogP contribution < -0.4 is 9.62 Å². The Balaban J connectivity index is 1.66. The summed E-state index contributed by atoms with van der Waals surface area (Å²) in [5, 5.41) is 3.09. The molecule has 0 heterocycles. The van der Waals surface area contributed by atoms with Crippen LogP contribution in [0.25, 0.3) is 0 Å². The quantitative estimate of drug-likeness (QED) is 0.295. The van der Waals surface area contributed by atoms with E-state index < -0.39 is 34.3 Å². The largest absolute Gasteiger partial charge is 0.352 e. The summed E-state index contributed by atoms with van der Waals surface area (Å²) in [5.74, 6) is -1.38. The summed E-state index contributed by atoms with van der Waals surface area (Å²) >= 11 is 3.42. The number of aryl methyl sites for hydroxylation is 1. The van der Waals surface area contributed by atoms with Crippen molar-refractivity contribution in [2.75, 3.05) is 10.8 Å². The van der Waals surface area contributed by atoms with Gasteiger partial charge >= 0.3 is 0 Å². The standard InChI is InChI=1S/C31H35BrFN3O4S/c1-22-8-16-28(17-9-22)36(41(39,40)29-18-14-26(33)15-19-29)21-30(37)35(20-24-10-12-25(32)13-11-24)23(2)31(38)34-27-6-4-3-5-7-27/h8-19,23,27H,3-7,20-21H2,1-2H3,(H,34,38). The molecule has 10 heteroatoms. The molecule has 1 atom stereocenters. The highest BCUT2D eigenvalue weighted by molar-refractivity contribution is 9.10. The molecule has 2 amide bonds. The summed E-state index contributed by atoms with van der Waals surface area (Å²) in [6.45, 7) is 3.12. The molecule has 0 saturated heterocycles. The zero-order valence-electron chi connectivity index (χ0n) is 23.2. The van der Waals surface area contributed by atoms with Crippen LogP contribution in [0, 0.1) is 12.7 Å². The number of halogens is 2. The van der Waals surface area contributed by atoms with Crippen molar-refractivity contribution < 1.29 is 22.4 Å². The van der Waals surface area contributed by atoms with E-state index in [0.29, 0.717) is 0 Å². The number of hydrogen-bond donors (Lipinski definition) is 1. The third-order valence-electron chi connectivity index (χ3n) is 7.39. The van der Waals surface area contributed by atoms with E-state index in [4.69, 9.17) is 0 Å². The third kappa shape index (κ3) is 7.95. The van der Waals surface area contributed by atoms with Crippen LogP contribution in [0.15, 0.2) is 82.2 Å². The highest BCUT2D eigenvalue weighted by atomic mass is 79.9. The fourth-order valence-corrected chi connectivity index (χ4v) is 6.59. The third-order valence-corrected chi connectivity index (χ3v) is 9.70. The van der Waals surface area contributed by atoms with Gasteiger partial charge in [0.2, 0.25) is 11.8 Å². The van der Waals surface area contributed by atoms with Crippen molar-refractivity contribution in [2.45, 2.75) is 69.5 Å². The maximum atomic E-state index is 14.0. The normalized spacial score (nSPS) is 14.7. The van der Waals surface area contributed by atoms with Crippen LogP contribution in [0.1, 0.15) is 50.2 Å². The van der Waals surface area contributed by atoms with Crippen molar-refractivity contribution >= 4 is 43.5 Å². The Morgan fingerprint density at radius 1 is 0.951 bits per heavy atom. The van der Waals surface area contributed by atoms with Gasteiger partial charge in [-0.2, -0.15) is 0 Å². The highest BCUT2D eigenvalue weighted by Gasteiger charge is 2.33. The first kappa shape index (κ1) is 30.7. The fraction of sp³-hybridized carbons (Fsp3) is 0.355. The van der Waals surface area contributed by atoms with Crippen molar-refractivity contribution in [3.63, 3.8) is 0 Å². The number of sulfonamides is 1. The Hall–Kier alpha value is -3.24. The van der Waals surface area contributed by atoms with Crippen molar-refractivity contribution in [1.29, 1.82) is 0 Å². The van der Waals surface area contributed by atoms with Crippen LogP contribution >= 0.6 is 15.9 Å². The van der Waals surface area contributed by atoms with E-state index in [2.05, 4.69) is 21.2 Å². The van der Waals surface area contributed by atoms with E-state index in [1.54, 1.807) is 31.2 Å². The average Bonchev–Trinajstić information content (AvgIpc) is 2.96. The number of rotatable bonds is 10. The maximum Gasteiger partial charge on any atom is 0.264 e. The van der Waals surface area contributed by atoms with Gasteiger partial charge in [0.05, 0.1) is 10.6 Å². The van der Waals surface area contributed by atoms with Crippen molar-refractivity contribution in [3.05, 3.63) is 94.2 Å². The van der Waals surface area contributed by atoms with Crippen LogP contribution in [0.2, 0.25) is 0 Å². The lowest BCUT2D eigenvalue weighted by atomic mass is 9.95. The minimum atomic E-state index is -4.25. The number of carbonyl (C=O) groups excluding carboxylic acids is 2. The first-order valence-electron chi connectivity index (χ1n) is 13.7. The van der Waals surface area contributed by atoms with Gasteiger partial charge in [-0.1, -0.05) is 65.0 Å². The number of benzene rings is 3. The minimum absolute atomic E-state index is 0.0613. The van der Waals surface area contributed by atoms with Gasteiger partial charge in [0, 0.05) is 17.1 Å². The molecule has 3 aromatic rings. The molecule has 1 fully saturated rings. The first-order valence-corrected chi connectivity index (χ1v) is 16.0. The van der Waals surface area contributed by atoms with E-state index in [-0.39, 0.29) is 29.1 Å². The molecular weight excluding hydrogens is 609 g/mol. The number of nitrogens with one attached hydrogen (secondary N) is 1. The molecule has 0 aliphatic heterocycles. The zero-order valence-corrected chi connectivity index (χ0v) is 25.6. The summed E-state index contributed by atoms with van der Waals surface area (Å²) in [6.07, 6.45) is 5.04. The molecule has 1 aliphatic rings. The van der Waals surface area contributed by atoms with Crippen LogP contribution in [-0.2, 0) is 26.2 Å². The molecule has 1 saturated carbocycles. The molecule has 7 nitrogen and oxygen atoms in total. The Labute approximate surface area is 249 Å². The van der Waals surface area contributed by atoms with Gasteiger partial charge in [-0.15, -0.1) is 0 Å². The van der Waals surface area contributed by atoms with E-state index in [1.807, 2.05) is 31.2 Å². The number of carbonyl (C=O) groups is 2. The number of hydrogen-bond acceptors (Lipinski definition) is 4. The van der Waals surface area contributed by atoms with Gasteiger partial charge in [-0.25, -0.2) is 12.8 Å². The van der Waals surface area contributed by atoms with Crippen molar-refractivity contribution in [2.24, 2.45) is 0 Å². The molecule has 0 aromatic heterocycles. The van der Waals surface area contributed by atoms with Crippen LogP contribution in [0.3, 0.4) is 0 Å². The minimum Gasteiger partial charge on any atom is -0.352 e. The maximum absolute atomic E-state index is 14.0. The zero-order chi connectivity index (χ0) is 29.6. The van der Waals surface area contributed by atoms with Gasteiger partial charge in [0.1, 0.15) is 18.4 Å². The molecule has 1 unspecified atom stereocenters. The lowest BCUT2D eigenvalue weighted by Crippen LogP contribution is -2.53. The average molecular weight is 645 g/mol. The molecule has 1 aliphatic carbocycles. The molecule has 0 spiro atoms. The Morgan fingerprint density at radius 2 is 1.56 bits per heavy atom. The van der Waals surface area contributed by atoms with Gasteiger partial charge in [-0.3, -0.25) is 13.9 Å². The highest BCUT2D eigenvalue weighted by Crippen LogP contribution is 2.26. The van der Waals surface area contributed by atoms with Gasteiger partial charge in [-0.05, 0) is 80.8 Å². The van der Waals surface area contributed by atoms with E-state index >= 15 is 0 Å². The lowest BCUT2D eigenvalue weighted by Gasteiger charge is -2.33.